The van der Waals surface area contributed by atoms with Crippen molar-refractivity contribution in [2.24, 2.45) is 0 Å². The minimum atomic E-state index is -4.90. The van der Waals surface area contributed by atoms with Crippen molar-refractivity contribution in [3.05, 3.63) is 17.2 Å². The molecule has 1 rings (SSSR count). The summed E-state index contributed by atoms with van der Waals surface area (Å²) in [4.78, 5) is -1.44. The van der Waals surface area contributed by atoms with E-state index in [9.17, 15) is 33.7 Å². The van der Waals surface area contributed by atoms with Gasteiger partial charge in [0.15, 0.2) is 19.7 Å². The second-order valence-corrected chi connectivity index (χ2v) is 11.7. The summed E-state index contributed by atoms with van der Waals surface area (Å²) in [6.07, 6.45) is 0. The predicted molar refractivity (Wildman–Crippen MR) is 95.0 cm³/mol. The highest BCUT2D eigenvalue weighted by Crippen LogP contribution is 2.31. The zero-order chi connectivity index (χ0) is 22.0. The van der Waals surface area contributed by atoms with E-state index in [1.165, 1.54) is 0 Å². The smallest absolute Gasteiger partial charge is 0.397 e. The molecule has 0 aromatic heterocycles. The third-order valence-corrected chi connectivity index (χ3v) is 7.70. The third kappa shape index (κ3) is 7.76. The van der Waals surface area contributed by atoms with Crippen LogP contribution in [-0.4, -0.2) is 67.5 Å². The zero-order valence-corrected chi connectivity index (χ0v) is 17.6. The molecule has 0 unspecified atom stereocenters. The molecule has 0 saturated carbocycles. The maximum Gasteiger partial charge on any atom is 0.397 e. The van der Waals surface area contributed by atoms with Gasteiger partial charge < -0.3 is 5.73 Å². The molecule has 0 aliphatic carbocycles. The number of hydrogen-bond donors (Lipinski definition) is 3. The Labute approximate surface area is 166 Å². The van der Waals surface area contributed by atoms with E-state index in [1.807, 2.05) is 0 Å². The first-order chi connectivity index (χ1) is 12.4. The van der Waals surface area contributed by atoms with Gasteiger partial charge in [-0.2, -0.15) is 16.8 Å². The van der Waals surface area contributed by atoms with Crippen LogP contribution < -0.4 is 5.73 Å². The first kappa shape index (κ1) is 25.0. The largest absolute Gasteiger partial charge is 0.398 e. The number of nitrogen functional groups attached to an aromatic ring is 1. The molecule has 28 heavy (non-hydrogen) atoms. The highest BCUT2D eigenvalue weighted by molar-refractivity contribution is 7.92. The van der Waals surface area contributed by atoms with Crippen LogP contribution in [0.5, 0.6) is 0 Å². The number of sulfone groups is 2. The Morgan fingerprint density at radius 2 is 1.18 bits per heavy atom. The maximum atomic E-state index is 12.3. The van der Waals surface area contributed by atoms with E-state index in [0.29, 0.717) is 6.07 Å². The highest BCUT2D eigenvalue weighted by atomic mass is 35.5. The van der Waals surface area contributed by atoms with Crippen LogP contribution >= 0.6 is 11.6 Å². The van der Waals surface area contributed by atoms with Crippen LogP contribution in [0.15, 0.2) is 21.9 Å². The molecule has 0 aliphatic rings. The van der Waals surface area contributed by atoms with E-state index < -0.39 is 85.7 Å². The van der Waals surface area contributed by atoms with Gasteiger partial charge in [0.25, 0.3) is 0 Å². The molecule has 0 radical (unpaired) electrons. The van der Waals surface area contributed by atoms with Crippen LogP contribution in [0.4, 0.5) is 5.69 Å². The molecule has 0 spiro atoms. The number of rotatable bonds is 10. The van der Waals surface area contributed by atoms with Crippen molar-refractivity contribution in [2.75, 3.05) is 30.5 Å². The number of hydrogen-bond acceptors (Lipinski definition) is 11. The Morgan fingerprint density at radius 3 is 1.57 bits per heavy atom. The van der Waals surface area contributed by atoms with Crippen molar-refractivity contribution in [3.63, 3.8) is 0 Å². The Kier molecular flexibility index (Phi) is 7.81. The number of benzene rings is 1. The second-order valence-electron chi connectivity index (χ2n) is 4.96. The minimum absolute atomic E-state index is 0.454. The predicted octanol–water partition coefficient (Wildman–Crippen LogP) is -0.892. The monoisotopic (exact) mass is 503 g/mol. The number of anilines is 1. The van der Waals surface area contributed by atoms with E-state index >= 15 is 0 Å². The molecular formula is C10H14ClNO12S4. The highest BCUT2D eigenvalue weighted by Gasteiger charge is 2.26. The zero-order valence-electron chi connectivity index (χ0n) is 13.5. The van der Waals surface area contributed by atoms with Gasteiger partial charge in [0.1, 0.15) is 0 Å². The van der Waals surface area contributed by atoms with Crippen molar-refractivity contribution in [1.82, 2.24) is 0 Å². The van der Waals surface area contributed by atoms with Crippen molar-refractivity contribution in [1.29, 1.82) is 0 Å². The van der Waals surface area contributed by atoms with Crippen LogP contribution in [0.3, 0.4) is 0 Å². The summed E-state index contributed by atoms with van der Waals surface area (Å²) in [7, 11) is -18.5. The molecule has 0 aliphatic heterocycles. The van der Waals surface area contributed by atoms with E-state index in [1.54, 1.807) is 0 Å². The lowest BCUT2D eigenvalue weighted by Crippen LogP contribution is -2.19. The minimum Gasteiger partial charge on any atom is -0.398 e. The summed E-state index contributed by atoms with van der Waals surface area (Å²) in [5.41, 5.74) is 5.08. The fourth-order valence-electron chi connectivity index (χ4n) is 1.78. The van der Waals surface area contributed by atoms with Gasteiger partial charge in [0, 0.05) is 0 Å². The van der Waals surface area contributed by atoms with Crippen molar-refractivity contribution in [2.45, 2.75) is 9.79 Å². The average molecular weight is 504 g/mol. The molecule has 4 N–H and O–H groups in total. The fraction of sp³-hybridized carbons (Fsp3) is 0.400. The Morgan fingerprint density at radius 1 is 0.786 bits per heavy atom. The van der Waals surface area contributed by atoms with Gasteiger partial charge in [0.2, 0.25) is 0 Å². The lowest BCUT2D eigenvalue weighted by molar-refractivity contribution is 0.282. The molecule has 162 valence electrons. The summed E-state index contributed by atoms with van der Waals surface area (Å²) in [6.45, 7) is -1.96. The van der Waals surface area contributed by atoms with Crippen LogP contribution in [0.2, 0.25) is 5.02 Å². The Hall–Kier alpha value is -1.05. The first-order valence-electron chi connectivity index (χ1n) is 6.73. The lowest BCUT2D eigenvalue weighted by atomic mass is 10.3. The van der Waals surface area contributed by atoms with Gasteiger partial charge in [-0.3, -0.25) is 9.11 Å². The molecular weight excluding hydrogens is 490 g/mol. The topological polar surface area (TPSA) is 221 Å². The lowest BCUT2D eigenvalue weighted by Gasteiger charge is -2.12. The Bertz CT molecular complexity index is 1070. The molecule has 18 heteroatoms. The van der Waals surface area contributed by atoms with Gasteiger partial charge in [0.05, 0.1) is 45.2 Å². The van der Waals surface area contributed by atoms with Gasteiger partial charge in [-0.05, 0) is 12.1 Å². The van der Waals surface area contributed by atoms with Crippen LogP contribution in [0, 0.1) is 0 Å². The van der Waals surface area contributed by atoms with Crippen LogP contribution in [0.1, 0.15) is 0 Å². The van der Waals surface area contributed by atoms with Gasteiger partial charge >= 0.3 is 20.8 Å². The van der Waals surface area contributed by atoms with E-state index in [0.717, 1.165) is 6.07 Å². The van der Waals surface area contributed by atoms with Crippen molar-refractivity contribution in [3.8, 4) is 0 Å². The first-order valence-corrected chi connectivity index (χ1v) is 13.1. The summed E-state index contributed by atoms with van der Waals surface area (Å²) in [5, 5.41) is -0.475. The molecule has 0 amide bonds. The molecule has 0 atom stereocenters. The summed E-state index contributed by atoms with van der Waals surface area (Å²) in [5.74, 6) is -1.97. The quantitative estimate of drug-likeness (QED) is 0.260. The number of nitrogens with two attached hydrogens (primary N) is 1. The van der Waals surface area contributed by atoms with E-state index in [2.05, 4.69) is 8.37 Å². The van der Waals surface area contributed by atoms with E-state index in [-0.39, 0.29) is 0 Å². The van der Waals surface area contributed by atoms with Crippen LogP contribution in [-0.2, 0) is 48.8 Å². The molecule has 0 saturated heterocycles. The molecule has 13 nitrogen and oxygen atoms in total. The molecule has 0 heterocycles. The fourth-order valence-corrected chi connectivity index (χ4v) is 5.59. The molecule has 0 bridgehead atoms. The average Bonchev–Trinajstić information content (AvgIpc) is 2.42. The third-order valence-electron chi connectivity index (χ3n) is 2.90. The standard InChI is InChI=1S/C10H14ClNO12S4/c11-7-5-8(12)10(26(15,16)4-2-24-28(20,21)22)6-9(7)25(13,14)3-1-23-27(17,18)19/h5-6H,1-4,12H2,(H,17,18,19)(H,20,21,22). The molecule has 1 aromatic carbocycles. The Balaban J connectivity index is 3.21. The molecule has 0 fully saturated rings. The molecule has 1 aromatic rings. The van der Waals surface area contributed by atoms with Gasteiger partial charge in [-0.1, -0.05) is 11.6 Å². The van der Waals surface area contributed by atoms with Crippen molar-refractivity contribution < 1.29 is 51.1 Å². The number of halogens is 1. The summed E-state index contributed by atoms with van der Waals surface area (Å²) >= 11 is 5.77. The van der Waals surface area contributed by atoms with Crippen molar-refractivity contribution >= 4 is 57.8 Å². The SMILES string of the molecule is Nc1cc(Cl)c(S(=O)(=O)CCOS(=O)(=O)O)cc1S(=O)(=O)CCOS(=O)(=O)O. The summed E-state index contributed by atoms with van der Waals surface area (Å²) in [6, 6.07) is 1.41. The normalized spacial score (nSPS) is 13.5. The van der Waals surface area contributed by atoms with Gasteiger partial charge in [-0.15, -0.1) is 0 Å². The maximum absolute atomic E-state index is 12.3. The van der Waals surface area contributed by atoms with Gasteiger partial charge in [-0.25, -0.2) is 25.2 Å². The van der Waals surface area contributed by atoms with E-state index in [4.69, 9.17) is 26.4 Å². The second kappa shape index (κ2) is 8.76. The van der Waals surface area contributed by atoms with Crippen LogP contribution in [0.25, 0.3) is 0 Å². The summed E-state index contributed by atoms with van der Waals surface area (Å²) < 4.78 is 116.